The predicted molar refractivity (Wildman–Crippen MR) is 76.3 cm³/mol. The monoisotopic (exact) mass is 363 g/mol. The van der Waals surface area contributed by atoms with Crippen LogP contribution in [0.1, 0.15) is 37.4 Å². The van der Waals surface area contributed by atoms with Gasteiger partial charge in [0, 0.05) is 24.2 Å². The number of halogens is 2. The third-order valence-electron chi connectivity index (χ3n) is 4.18. The Balaban J connectivity index is 1.84. The lowest BCUT2D eigenvalue weighted by atomic mass is 9.90. The highest BCUT2D eigenvalue weighted by molar-refractivity contribution is 14.1. The zero-order chi connectivity index (χ0) is 12.0. The molecule has 2 saturated heterocycles. The van der Waals surface area contributed by atoms with Crippen LogP contribution in [0, 0.1) is 3.57 Å². The highest BCUT2D eigenvalue weighted by Crippen LogP contribution is 2.41. The summed E-state index contributed by atoms with van der Waals surface area (Å²) in [6, 6.07) is 1.45. The molecule has 2 atom stereocenters. The van der Waals surface area contributed by atoms with E-state index in [1.807, 2.05) is 6.20 Å². The third kappa shape index (κ3) is 2.19. The maximum atomic E-state index is 6.08. The molecule has 0 spiro atoms. The fourth-order valence-corrected chi connectivity index (χ4v) is 3.57. The minimum atomic E-state index is 0.498. The lowest BCUT2D eigenvalue weighted by Gasteiger charge is -2.35. The zero-order valence-electron chi connectivity index (χ0n) is 9.74. The quantitative estimate of drug-likeness (QED) is 0.567. The molecule has 2 fully saturated rings. The Morgan fingerprint density at radius 1 is 1.35 bits per heavy atom. The highest BCUT2D eigenvalue weighted by Gasteiger charge is 2.39. The first-order valence-corrected chi connectivity index (χ1v) is 7.50. The van der Waals surface area contributed by atoms with E-state index in [1.165, 1.54) is 25.7 Å². The lowest BCUT2D eigenvalue weighted by molar-refractivity contribution is 0.159. The van der Waals surface area contributed by atoms with E-state index in [1.54, 1.807) is 0 Å². The molecule has 3 nitrogen and oxygen atoms in total. The van der Waals surface area contributed by atoms with Gasteiger partial charge in [-0.3, -0.25) is 0 Å². The van der Waals surface area contributed by atoms with Crippen molar-refractivity contribution < 1.29 is 0 Å². The first-order valence-electron chi connectivity index (χ1n) is 6.05. The standard InChI is InChI=1S/C12H15ClIN3/c1-17-8-2-3-9(17)5-7(4-8)12-15-6-10(14)11(13)16-12/h6-9H,2-5H2,1H3. The van der Waals surface area contributed by atoms with Gasteiger partial charge >= 0.3 is 0 Å². The molecular formula is C12H15ClIN3. The fraction of sp³-hybridized carbons (Fsp3) is 0.667. The van der Waals surface area contributed by atoms with Gasteiger partial charge in [-0.05, 0) is 55.3 Å². The summed E-state index contributed by atoms with van der Waals surface area (Å²) < 4.78 is 0.934. The van der Waals surface area contributed by atoms with Gasteiger partial charge in [0.2, 0.25) is 0 Å². The molecule has 2 aliphatic rings. The summed E-state index contributed by atoms with van der Waals surface area (Å²) in [6.07, 6.45) is 6.87. The summed E-state index contributed by atoms with van der Waals surface area (Å²) in [5.74, 6) is 1.44. The van der Waals surface area contributed by atoms with Gasteiger partial charge in [-0.15, -0.1) is 0 Å². The maximum Gasteiger partial charge on any atom is 0.146 e. The summed E-state index contributed by atoms with van der Waals surface area (Å²) in [6.45, 7) is 0. The van der Waals surface area contributed by atoms with E-state index >= 15 is 0 Å². The first-order chi connectivity index (χ1) is 8.15. The third-order valence-corrected chi connectivity index (χ3v) is 5.58. The molecule has 17 heavy (non-hydrogen) atoms. The van der Waals surface area contributed by atoms with E-state index in [0.29, 0.717) is 11.1 Å². The second-order valence-corrected chi connectivity index (χ2v) is 6.61. The van der Waals surface area contributed by atoms with Gasteiger partial charge in [0.25, 0.3) is 0 Å². The molecule has 92 valence electrons. The minimum absolute atomic E-state index is 0.498. The smallest absolute Gasteiger partial charge is 0.146 e. The number of rotatable bonds is 1. The van der Waals surface area contributed by atoms with Gasteiger partial charge in [-0.2, -0.15) is 0 Å². The zero-order valence-corrected chi connectivity index (χ0v) is 12.6. The van der Waals surface area contributed by atoms with Crippen LogP contribution in [0.25, 0.3) is 0 Å². The van der Waals surface area contributed by atoms with E-state index in [-0.39, 0.29) is 0 Å². The number of hydrogen-bond acceptors (Lipinski definition) is 3. The number of aromatic nitrogens is 2. The van der Waals surface area contributed by atoms with Gasteiger partial charge in [-0.25, -0.2) is 9.97 Å². The van der Waals surface area contributed by atoms with E-state index in [4.69, 9.17) is 11.6 Å². The van der Waals surface area contributed by atoms with Crippen LogP contribution in [0.3, 0.4) is 0 Å². The summed E-state index contributed by atoms with van der Waals surface area (Å²) in [7, 11) is 2.25. The Morgan fingerprint density at radius 2 is 2.00 bits per heavy atom. The van der Waals surface area contributed by atoms with Gasteiger partial charge in [0.1, 0.15) is 11.0 Å². The second kappa shape index (κ2) is 4.63. The van der Waals surface area contributed by atoms with Crippen LogP contribution >= 0.6 is 34.2 Å². The molecule has 1 aromatic heterocycles. The summed E-state index contributed by atoms with van der Waals surface area (Å²) in [5, 5.41) is 0.599. The SMILES string of the molecule is CN1C2CCC1CC(c1ncc(I)c(Cl)n1)C2. The Morgan fingerprint density at radius 3 is 2.59 bits per heavy atom. The molecule has 0 N–H and O–H groups in total. The van der Waals surface area contributed by atoms with Crippen molar-refractivity contribution in [3.05, 3.63) is 20.7 Å². The van der Waals surface area contributed by atoms with Crippen LogP contribution in [0.5, 0.6) is 0 Å². The van der Waals surface area contributed by atoms with Crippen molar-refractivity contribution in [3.63, 3.8) is 0 Å². The number of piperidine rings is 1. The Hall–Kier alpha value is 0.0600. The minimum Gasteiger partial charge on any atom is -0.300 e. The van der Waals surface area contributed by atoms with Gasteiger partial charge < -0.3 is 4.90 Å². The summed E-state index contributed by atoms with van der Waals surface area (Å²) in [5.41, 5.74) is 0. The summed E-state index contributed by atoms with van der Waals surface area (Å²) >= 11 is 8.25. The average molecular weight is 364 g/mol. The van der Waals surface area contributed by atoms with Gasteiger partial charge in [-0.1, -0.05) is 11.6 Å². The molecule has 0 aliphatic carbocycles. The van der Waals surface area contributed by atoms with Gasteiger partial charge in [0.15, 0.2) is 0 Å². The Bertz CT molecular complexity index is 426. The number of nitrogens with zero attached hydrogens (tertiary/aromatic N) is 3. The van der Waals surface area contributed by atoms with E-state index in [2.05, 4.69) is 44.5 Å². The molecule has 3 heterocycles. The molecule has 0 amide bonds. The fourth-order valence-electron chi connectivity index (χ4n) is 3.18. The maximum absolute atomic E-state index is 6.08. The van der Waals surface area contributed by atoms with E-state index < -0.39 is 0 Å². The Labute approximate surface area is 120 Å². The predicted octanol–water partition coefficient (Wildman–Crippen LogP) is 3.07. The molecule has 0 aromatic carbocycles. The molecule has 0 saturated carbocycles. The van der Waals surface area contributed by atoms with Crippen LogP contribution in [0.4, 0.5) is 0 Å². The van der Waals surface area contributed by atoms with Crippen molar-refractivity contribution in [1.82, 2.24) is 14.9 Å². The van der Waals surface area contributed by atoms with Gasteiger partial charge in [0.05, 0.1) is 3.57 Å². The van der Waals surface area contributed by atoms with Crippen LogP contribution in [0.2, 0.25) is 5.15 Å². The van der Waals surface area contributed by atoms with Crippen molar-refractivity contribution in [2.75, 3.05) is 7.05 Å². The van der Waals surface area contributed by atoms with Crippen LogP contribution in [0.15, 0.2) is 6.20 Å². The normalized spacial score (nSPS) is 33.0. The van der Waals surface area contributed by atoms with Crippen molar-refractivity contribution in [2.45, 2.75) is 43.7 Å². The number of fused-ring (bicyclic) bond motifs is 2. The molecular weight excluding hydrogens is 349 g/mol. The summed E-state index contributed by atoms with van der Waals surface area (Å²) in [4.78, 5) is 11.4. The van der Waals surface area contributed by atoms with E-state index in [9.17, 15) is 0 Å². The molecule has 3 rings (SSSR count). The van der Waals surface area contributed by atoms with Crippen LogP contribution < -0.4 is 0 Å². The topological polar surface area (TPSA) is 29.0 Å². The second-order valence-electron chi connectivity index (χ2n) is 5.09. The molecule has 0 radical (unpaired) electrons. The Kier molecular flexibility index (Phi) is 3.30. The largest absolute Gasteiger partial charge is 0.300 e. The van der Waals surface area contributed by atoms with E-state index in [0.717, 1.165) is 21.5 Å². The van der Waals surface area contributed by atoms with Crippen LogP contribution in [-0.2, 0) is 0 Å². The first kappa shape index (κ1) is 12.1. The molecule has 1 aromatic rings. The average Bonchev–Trinajstić information content (AvgIpc) is 2.55. The lowest BCUT2D eigenvalue weighted by Crippen LogP contribution is -2.39. The highest BCUT2D eigenvalue weighted by atomic mass is 127. The molecule has 2 aliphatic heterocycles. The van der Waals surface area contributed by atoms with Crippen molar-refractivity contribution in [1.29, 1.82) is 0 Å². The molecule has 2 bridgehead atoms. The molecule has 2 unspecified atom stereocenters. The molecule has 5 heteroatoms. The number of hydrogen-bond donors (Lipinski definition) is 0. The van der Waals surface area contributed by atoms with Crippen molar-refractivity contribution in [3.8, 4) is 0 Å². The van der Waals surface area contributed by atoms with Crippen molar-refractivity contribution >= 4 is 34.2 Å². The van der Waals surface area contributed by atoms with Crippen molar-refractivity contribution in [2.24, 2.45) is 0 Å². The van der Waals surface area contributed by atoms with Crippen LogP contribution in [-0.4, -0.2) is 34.0 Å².